The van der Waals surface area contributed by atoms with Gasteiger partial charge in [-0.2, -0.15) is 0 Å². The predicted molar refractivity (Wildman–Crippen MR) is 70.1 cm³/mol. The van der Waals surface area contributed by atoms with E-state index in [2.05, 4.69) is 5.32 Å². The molecule has 0 amide bonds. The molecule has 1 unspecified atom stereocenters. The van der Waals surface area contributed by atoms with Crippen molar-refractivity contribution in [2.45, 2.75) is 12.6 Å². The highest BCUT2D eigenvalue weighted by Gasteiger charge is 2.19. The molecule has 0 saturated carbocycles. The van der Waals surface area contributed by atoms with Gasteiger partial charge in [0.05, 0.1) is 0 Å². The van der Waals surface area contributed by atoms with Crippen LogP contribution in [0.15, 0.2) is 54.6 Å². The zero-order valence-corrected chi connectivity index (χ0v) is 10.2. The van der Waals surface area contributed by atoms with Gasteiger partial charge in [-0.3, -0.25) is 10.1 Å². The van der Waals surface area contributed by atoms with Crippen LogP contribution in [0.1, 0.15) is 17.2 Å². The van der Waals surface area contributed by atoms with Crippen LogP contribution in [-0.4, -0.2) is 11.1 Å². The molecule has 0 aliphatic rings. The average Bonchev–Trinajstić information content (AvgIpc) is 2.40. The van der Waals surface area contributed by atoms with Gasteiger partial charge in [0.2, 0.25) is 0 Å². The number of halogens is 1. The highest BCUT2D eigenvalue weighted by molar-refractivity contribution is 5.75. The summed E-state index contributed by atoms with van der Waals surface area (Å²) in [6.45, 7) is 0.411. The number of carboxylic acids is 1. The summed E-state index contributed by atoms with van der Waals surface area (Å²) in [7, 11) is 0. The van der Waals surface area contributed by atoms with Crippen molar-refractivity contribution in [1.82, 2.24) is 5.32 Å². The molecule has 19 heavy (non-hydrogen) atoms. The van der Waals surface area contributed by atoms with Crippen LogP contribution < -0.4 is 5.32 Å². The number of carbonyl (C=O) groups is 1. The lowest BCUT2D eigenvalue weighted by atomic mass is 10.1. The Morgan fingerprint density at radius 2 is 1.89 bits per heavy atom. The minimum atomic E-state index is -1.03. The summed E-state index contributed by atoms with van der Waals surface area (Å²) in [4.78, 5) is 11.2. The normalized spacial score (nSPS) is 12.1. The third kappa shape index (κ3) is 3.63. The first kappa shape index (κ1) is 13.2. The van der Waals surface area contributed by atoms with Crippen LogP contribution >= 0.6 is 0 Å². The van der Waals surface area contributed by atoms with Crippen LogP contribution in [0.5, 0.6) is 0 Å². The minimum absolute atomic E-state index is 0.406. The Morgan fingerprint density at radius 3 is 2.53 bits per heavy atom. The minimum Gasteiger partial charge on any atom is -0.480 e. The third-order valence-electron chi connectivity index (χ3n) is 2.78. The average molecular weight is 259 g/mol. The van der Waals surface area contributed by atoms with Crippen molar-refractivity contribution in [3.8, 4) is 0 Å². The summed E-state index contributed by atoms with van der Waals surface area (Å²) < 4.78 is 13.1. The zero-order valence-electron chi connectivity index (χ0n) is 10.2. The second kappa shape index (κ2) is 6.11. The van der Waals surface area contributed by atoms with Crippen LogP contribution in [0.25, 0.3) is 0 Å². The Balaban J connectivity index is 2.11. The molecule has 0 aliphatic heterocycles. The largest absolute Gasteiger partial charge is 0.480 e. The Labute approximate surface area is 110 Å². The van der Waals surface area contributed by atoms with E-state index in [0.717, 1.165) is 5.56 Å². The van der Waals surface area contributed by atoms with E-state index in [1.807, 2.05) is 30.3 Å². The van der Waals surface area contributed by atoms with Gasteiger partial charge in [0, 0.05) is 6.54 Å². The highest BCUT2D eigenvalue weighted by atomic mass is 19.1. The molecule has 2 aromatic rings. The van der Waals surface area contributed by atoms with Gasteiger partial charge in [-0.05, 0) is 23.3 Å². The molecular weight excluding hydrogens is 245 g/mol. The van der Waals surface area contributed by atoms with Crippen molar-refractivity contribution in [3.63, 3.8) is 0 Å². The van der Waals surface area contributed by atoms with Gasteiger partial charge < -0.3 is 5.11 Å². The van der Waals surface area contributed by atoms with Crippen LogP contribution in [0, 0.1) is 5.82 Å². The molecule has 0 saturated heterocycles. The molecular formula is C15H14FNO2. The fraction of sp³-hybridized carbons (Fsp3) is 0.133. The number of nitrogens with one attached hydrogen (secondary N) is 1. The van der Waals surface area contributed by atoms with Crippen molar-refractivity contribution >= 4 is 5.97 Å². The second-order valence-electron chi connectivity index (χ2n) is 4.19. The summed E-state index contributed by atoms with van der Waals surface area (Å²) in [6.07, 6.45) is 0. The smallest absolute Gasteiger partial charge is 0.325 e. The van der Waals surface area contributed by atoms with Crippen LogP contribution in [0.4, 0.5) is 4.39 Å². The number of benzene rings is 2. The Hall–Kier alpha value is -2.20. The summed E-state index contributed by atoms with van der Waals surface area (Å²) in [6, 6.07) is 14.2. The lowest BCUT2D eigenvalue weighted by Crippen LogP contribution is -2.28. The van der Waals surface area contributed by atoms with Crippen molar-refractivity contribution in [1.29, 1.82) is 0 Å². The lowest BCUT2D eigenvalue weighted by molar-refractivity contribution is -0.139. The first-order valence-electron chi connectivity index (χ1n) is 5.92. The summed E-state index contributed by atoms with van der Waals surface area (Å²) in [5.41, 5.74) is 1.38. The maximum atomic E-state index is 13.1. The fourth-order valence-corrected chi connectivity index (χ4v) is 1.85. The first-order chi connectivity index (χ1) is 9.16. The highest BCUT2D eigenvalue weighted by Crippen LogP contribution is 2.15. The molecule has 0 aliphatic carbocycles. The molecule has 2 N–H and O–H groups in total. The molecule has 0 spiro atoms. The molecule has 0 bridgehead atoms. The van der Waals surface area contributed by atoms with Crippen molar-refractivity contribution < 1.29 is 14.3 Å². The number of hydrogen-bond donors (Lipinski definition) is 2. The summed E-state index contributed by atoms with van der Waals surface area (Å²) in [5, 5.41) is 12.1. The molecule has 0 aromatic heterocycles. The van der Waals surface area contributed by atoms with Gasteiger partial charge in [-0.1, -0.05) is 42.5 Å². The molecule has 2 aromatic carbocycles. The van der Waals surface area contributed by atoms with E-state index < -0.39 is 17.8 Å². The second-order valence-corrected chi connectivity index (χ2v) is 4.19. The van der Waals surface area contributed by atoms with E-state index in [-0.39, 0.29) is 0 Å². The molecule has 1 atom stereocenters. The van der Waals surface area contributed by atoms with Gasteiger partial charge in [0.15, 0.2) is 0 Å². The third-order valence-corrected chi connectivity index (χ3v) is 2.78. The monoisotopic (exact) mass is 259 g/mol. The van der Waals surface area contributed by atoms with Crippen LogP contribution in [0.3, 0.4) is 0 Å². The predicted octanol–water partition coefficient (Wildman–Crippen LogP) is 2.74. The van der Waals surface area contributed by atoms with E-state index >= 15 is 0 Å². The SMILES string of the molecule is O=C(O)C(NCc1ccccc1)c1cccc(F)c1. The van der Waals surface area contributed by atoms with E-state index in [9.17, 15) is 14.3 Å². The lowest BCUT2D eigenvalue weighted by Gasteiger charge is -2.15. The van der Waals surface area contributed by atoms with Gasteiger partial charge in [-0.15, -0.1) is 0 Å². The number of hydrogen-bond acceptors (Lipinski definition) is 2. The Morgan fingerprint density at radius 1 is 1.16 bits per heavy atom. The fourth-order valence-electron chi connectivity index (χ4n) is 1.85. The quantitative estimate of drug-likeness (QED) is 0.868. The Kier molecular flexibility index (Phi) is 4.26. The number of rotatable bonds is 5. The molecule has 0 heterocycles. The van der Waals surface area contributed by atoms with Gasteiger partial charge >= 0.3 is 5.97 Å². The maximum Gasteiger partial charge on any atom is 0.325 e. The Bertz CT molecular complexity index is 557. The molecule has 3 nitrogen and oxygen atoms in total. The summed E-state index contributed by atoms with van der Waals surface area (Å²) in [5.74, 6) is -1.47. The van der Waals surface area contributed by atoms with E-state index in [1.54, 1.807) is 6.07 Å². The van der Waals surface area contributed by atoms with Gasteiger partial charge in [0.25, 0.3) is 0 Å². The maximum absolute atomic E-state index is 13.1. The van der Waals surface area contributed by atoms with E-state index in [1.165, 1.54) is 18.2 Å². The van der Waals surface area contributed by atoms with E-state index in [0.29, 0.717) is 12.1 Å². The molecule has 2 rings (SSSR count). The van der Waals surface area contributed by atoms with Crippen molar-refractivity contribution in [2.24, 2.45) is 0 Å². The number of aliphatic carboxylic acids is 1. The van der Waals surface area contributed by atoms with E-state index in [4.69, 9.17) is 0 Å². The zero-order chi connectivity index (χ0) is 13.7. The van der Waals surface area contributed by atoms with Crippen LogP contribution in [0.2, 0.25) is 0 Å². The first-order valence-corrected chi connectivity index (χ1v) is 5.92. The molecule has 98 valence electrons. The summed E-state index contributed by atoms with van der Waals surface area (Å²) >= 11 is 0. The topological polar surface area (TPSA) is 49.3 Å². The van der Waals surface area contributed by atoms with Gasteiger partial charge in [0.1, 0.15) is 11.9 Å². The van der Waals surface area contributed by atoms with Crippen LogP contribution in [-0.2, 0) is 11.3 Å². The van der Waals surface area contributed by atoms with Crippen molar-refractivity contribution in [2.75, 3.05) is 0 Å². The molecule has 0 radical (unpaired) electrons. The molecule has 4 heteroatoms. The number of carboxylic acid groups (broad SMARTS) is 1. The molecule has 0 fully saturated rings. The van der Waals surface area contributed by atoms with Crippen molar-refractivity contribution in [3.05, 3.63) is 71.5 Å². The van der Waals surface area contributed by atoms with Gasteiger partial charge in [-0.25, -0.2) is 4.39 Å². The standard InChI is InChI=1S/C15H14FNO2/c16-13-8-4-7-12(9-13)14(15(18)19)17-10-11-5-2-1-3-6-11/h1-9,14,17H,10H2,(H,18,19).